The Kier molecular flexibility index (Phi) is 7.25. The van der Waals surface area contributed by atoms with E-state index in [0.29, 0.717) is 0 Å². The zero-order valence-corrected chi connectivity index (χ0v) is 33.1. The number of hydrogen-bond acceptors (Lipinski definition) is 3. The molecule has 0 bridgehead atoms. The van der Waals surface area contributed by atoms with Gasteiger partial charge in [-0.2, -0.15) is 0 Å². The summed E-state index contributed by atoms with van der Waals surface area (Å²) in [7, 11) is 0. The Morgan fingerprint density at radius 1 is 0.537 bits per heavy atom. The number of nitrogens with zero attached hydrogens (tertiary/aromatic N) is 2. The lowest BCUT2D eigenvalue weighted by atomic mass is 9.73. The molecule has 7 aromatic carbocycles. The molecule has 3 heterocycles. The molecule has 0 saturated carbocycles. The third-order valence-electron chi connectivity index (χ3n) is 11.7. The number of aryl methyl sites for hydroxylation is 4. The Labute approximate surface area is 322 Å². The summed E-state index contributed by atoms with van der Waals surface area (Å²) in [5.74, 6) is 1.65. The van der Waals surface area contributed by atoms with Crippen LogP contribution in [0.2, 0.25) is 0 Å². The number of ether oxygens (including phenoxy) is 1. The minimum Gasteiger partial charge on any atom is -0.456 e. The van der Waals surface area contributed by atoms with Crippen LogP contribution in [0.25, 0.3) is 27.5 Å². The minimum absolute atomic E-state index is 0.140. The van der Waals surface area contributed by atoms with Crippen molar-refractivity contribution in [3.63, 3.8) is 0 Å². The number of benzene rings is 7. The fourth-order valence-corrected chi connectivity index (χ4v) is 13.5. The maximum atomic E-state index is 7.13. The number of aromatic nitrogens is 1. The lowest BCUT2D eigenvalue weighted by Gasteiger charge is -2.42. The van der Waals surface area contributed by atoms with Gasteiger partial charge in [-0.05, 0) is 104 Å². The lowest BCUT2D eigenvalue weighted by Crippen LogP contribution is -2.32. The molecule has 10 rings (SSSR count). The van der Waals surface area contributed by atoms with Gasteiger partial charge in [0.05, 0.1) is 22.4 Å². The highest BCUT2D eigenvalue weighted by atomic mass is 32.4. The van der Waals surface area contributed by atoms with Crippen molar-refractivity contribution in [2.75, 3.05) is 4.90 Å². The van der Waals surface area contributed by atoms with Crippen molar-refractivity contribution in [2.45, 2.75) is 47.0 Å². The first-order chi connectivity index (χ1) is 26.1. The van der Waals surface area contributed by atoms with E-state index in [0.717, 1.165) is 38.8 Å². The summed E-state index contributed by atoms with van der Waals surface area (Å²) in [5.41, 5.74) is 14.5. The molecule has 1 atom stereocenters. The molecule has 1 unspecified atom stereocenters. The second kappa shape index (κ2) is 11.8. The maximum absolute atomic E-state index is 7.13. The summed E-state index contributed by atoms with van der Waals surface area (Å²) in [6.45, 7) is 13.5. The molecule has 5 heteroatoms. The van der Waals surface area contributed by atoms with Crippen LogP contribution in [-0.2, 0) is 17.2 Å². The smallest absolute Gasteiger partial charge is 0.138 e. The van der Waals surface area contributed by atoms with Gasteiger partial charge in [-0.3, -0.25) is 0 Å². The van der Waals surface area contributed by atoms with E-state index in [-0.39, 0.29) is 5.41 Å². The van der Waals surface area contributed by atoms with Crippen molar-refractivity contribution in [3.05, 3.63) is 173 Å². The van der Waals surface area contributed by atoms with E-state index in [1.807, 2.05) is 0 Å². The Morgan fingerprint density at radius 2 is 1.02 bits per heavy atom. The van der Waals surface area contributed by atoms with Gasteiger partial charge in [0.2, 0.25) is 0 Å². The van der Waals surface area contributed by atoms with Crippen molar-refractivity contribution < 1.29 is 4.74 Å². The fourth-order valence-electron chi connectivity index (χ4n) is 9.37. The Bertz CT molecular complexity index is 2810. The quantitative estimate of drug-likeness (QED) is 0.168. The molecule has 2 aliphatic rings. The molecule has 0 radical (unpaired) electrons. The molecule has 54 heavy (non-hydrogen) atoms. The van der Waals surface area contributed by atoms with Crippen LogP contribution < -0.4 is 25.6 Å². The van der Waals surface area contributed by atoms with Gasteiger partial charge in [-0.25, -0.2) is 0 Å². The molecule has 3 nitrogen and oxygen atoms in total. The van der Waals surface area contributed by atoms with Crippen LogP contribution in [0.3, 0.4) is 0 Å². The lowest BCUT2D eigenvalue weighted by molar-refractivity contribution is 0.488. The minimum atomic E-state index is -2.50. The van der Waals surface area contributed by atoms with Crippen LogP contribution in [0.5, 0.6) is 11.5 Å². The highest BCUT2D eigenvalue weighted by molar-refractivity contribution is 8.25. The summed E-state index contributed by atoms with van der Waals surface area (Å²) in [5, 5.41) is 5.89. The van der Waals surface area contributed by atoms with Gasteiger partial charge in [0.15, 0.2) is 0 Å². The van der Waals surface area contributed by atoms with Gasteiger partial charge < -0.3 is 14.2 Å². The van der Waals surface area contributed by atoms with Crippen LogP contribution in [0.4, 0.5) is 17.1 Å². The molecule has 2 aliphatic heterocycles. The van der Waals surface area contributed by atoms with Crippen LogP contribution in [0.15, 0.2) is 140 Å². The van der Waals surface area contributed by atoms with Crippen LogP contribution in [-0.4, -0.2) is 4.57 Å². The number of rotatable bonds is 3. The van der Waals surface area contributed by atoms with E-state index < -0.39 is 6.04 Å². The summed E-state index contributed by atoms with van der Waals surface area (Å²) in [6, 6.07) is 48.5. The zero-order chi connectivity index (χ0) is 37.1. The SMILES string of the molecule is Cc1cc(C)c2c(c1)c1cc(C)cc(C)c1n2-c1ccc2c(c1)Oc1cc(N3c4ccccc4C(C)(C)c4ccccc43)ccc1P2(=S)c1ccccc1. The van der Waals surface area contributed by atoms with E-state index in [9.17, 15) is 0 Å². The fraction of sp³-hybridized carbons (Fsp3) is 0.143. The van der Waals surface area contributed by atoms with Gasteiger partial charge in [0, 0.05) is 56.3 Å². The van der Waals surface area contributed by atoms with E-state index in [1.54, 1.807) is 0 Å². The standard InChI is InChI=1S/C49H41N2OPS/c1-30-24-32(3)47-37(26-30)38-27-31(2)25-33(4)48(38)51(47)35-21-23-46-44(29-35)52-43-28-34(20-22-45(43)53(46,54)36-14-8-7-9-15-36)50-41-18-12-10-16-39(41)49(5,6)40-17-11-13-19-42(40)50/h7-29H,1-6H3. The third-order valence-corrected chi connectivity index (χ3v) is 16.6. The predicted molar refractivity (Wildman–Crippen MR) is 233 cm³/mol. The van der Waals surface area contributed by atoms with Crippen molar-refractivity contribution in [1.82, 2.24) is 4.57 Å². The van der Waals surface area contributed by atoms with E-state index >= 15 is 0 Å². The molecular formula is C49H41N2OPS. The van der Waals surface area contributed by atoms with Gasteiger partial charge in [0.25, 0.3) is 0 Å². The summed E-state index contributed by atoms with van der Waals surface area (Å²) < 4.78 is 9.57. The largest absolute Gasteiger partial charge is 0.456 e. The van der Waals surface area contributed by atoms with Gasteiger partial charge in [-0.15, -0.1) is 0 Å². The van der Waals surface area contributed by atoms with Crippen molar-refractivity contribution in [1.29, 1.82) is 0 Å². The zero-order valence-electron chi connectivity index (χ0n) is 31.4. The van der Waals surface area contributed by atoms with Gasteiger partial charge >= 0.3 is 0 Å². The number of para-hydroxylation sites is 2. The summed E-state index contributed by atoms with van der Waals surface area (Å²) in [6.07, 6.45) is 0. The van der Waals surface area contributed by atoms with E-state index in [1.165, 1.54) is 66.6 Å². The normalized spacial score (nSPS) is 16.7. The molecule has 1 aromatic heterocycles. The van der Waals surface area contributed by atoms with Crippen molar-refractivity contribution in [2.24, 2.45) is 0 Å². The molecule has 8 aromatic rings. The predicted octanol–water partition coefficient (Wildman–Crippen LogP) is 12.0. The number of anilines is 3. The highest BCUT2D eigenvalue weighted by Gasteiger charge is 2.39. The molecule has 0 spiro atoms. The molecule has 264 valence electrons. The topological polar surface area (TPSA) is 17.4 Å². The first kappa shape index (κ1) is 33.2. The number of hydrogen-bond donors (Lipinski definition) is 0. The first-order valence-electron chi connectivity index (χ1n) is 18.7. The molecular weight excluding hydrogens is 696 g/mol. The maximum Gasteiger partial charge on any atom is 0.138 e. The highest BCUT2D eigenvalue weighted by Crippen LogP contribution is 2.56. The average molecular weight is 737 g/mol. The molecule has 0 amide bonds. The molecule has 0 N–H and O–H groups in total. The van der Waals surface area contributed by atoms with Crippen LogP contribution >= 0.6 is 6.04 Å². The Balaban J connectivity index is 1.21. The second-order valence-electron chi connectivity index (χ2n) is 15.6. The van der Waals surface area contributed by atoms with E-state index in [4.69, 9.17) is 16.5 Å². The first-order valence-corrected chi connectivity index (χ1v) is 21.5. The van der Waals surface area contributed by atoms with Crippen molar-refractivity contribution >= 4 is 72.6 Å². The third kappa shape index (κ3) is 4.63. The van der Waals surface area contributed by atoms with Crippen molar-refractivity contribution in [3.8, 4) is 17.2 Å². The van der Waals surface area contributed by atoms with Crippen LogP contribution in [0, 0.1) is 27.7 Å². The Morgan fingerprint density at radius 3 is 1.57 bits per heavy atom. The summed E-state index contributed by atoms with van der Waals surface area (Å²) in [4.78, 5) is 2.39. The number of fused-ring (bicyclic) bond motifs is 7. The van der Waals surface area contributed by atoms with Gasteiger partial charge in [-0.1, -0.05) is 116 Å². The average Bonchev–Trinajstić information content (AvgIpc) is 3.50. The van der Waals surface area contributed by atoms with Crippen LogP contribution in [0.1, 0.15) is 47.2 Å². The van der Waals surface area contributed by atoms with E-state index in [2.05, 4.69) is 191 Å². The monoisotopic (exact) mass is 736 g/mol. The summed E-state index contributed by atoms with van der Waals surface area (Å²) >= 11 is 6.96. The van der Waals surface area contributed by atoms with Gasteiger partial charge in [0.1, 0.15) is 11.5 Å². The molecule has 0 fully saturated rings. The Hall–Kier alpha value is -5.41. The molecule has 0 aliphatic carbocycles. The second-order valence-corrected chi connectivity index (χ2v) is 20.0. The molecule has 0 saturated heterocycles.